The first kappa shape index (κ1) is 22.9. The molecule has 31 heavy (non-hydrogen) atoms. The zero-order valence-corrected chi connectivity index (χ0v) is 19.3. The van der Waals surface area contributed by atoms with Crippen molar-refractivity contribution in [1.82, 2.24) is 0 Å². The third-order valence-electron chi connectivity index (χ3n) is 4.66. The third kappa shape index (κ3) is 6.36. The summed E-state index contributed by atoms with van der Waals surface area (Å²) >= 11 is 0. The highest BCUT2D eigenvalue weighted by atomic mass is 28.4. The van der Waals surface area contributed by atoms with Gasteiger partial charge in [-0.2, -0.15) is 5.26 Å². The van der Waals surface area contributed by atoms with Gasteiger partial charge in [-0.15, -0.1) is 0 Å². The van der Waals surface area contributed by atoms with E-state index in [4.69, 9.17) is 13.9 Å². The van der Waals surface area contributed by atoms with Crippen molar-refractivity contribution >= 4 is 8.32 Å². The SMILES string of the molecule is C[Si](C)(C)OC(C#N)(c1ccccc1)C(OCc1ccccc1)OCc1ccccc1. The van der Waals surface area contributed by atoms with Crippen LogP contribution in [0.15, 0.2) is 91.0 Å². The zero-order chi connectivity index (χ0) is 22.2. The number of ether oxygens (including phenoxy) is 2. The van der Waals surface area contributed by atoms with Gasteiger partial charge in [0.25, 0.3) is 0 Å². The fourth-order valence-electron chi connectivity index (χ4n) is 3.33. The molecular formula is C26H29NO3Si. The molecule has 0 aromatic heterocycles. The first-order valence-corrected chi connectivity index (χ1v) is 13.8. The Labute approximate surface area is 186 Å². The van der Waals surface area contributed by atoms with Crippen LogP contribution >= 0.6 is 0 Å². The van der Waals surface area contributed by atoms with Crippen LogP contribution in [-0.2, 0) is 32.7 Å². The molecule has 0 spiro atoms. The van der Waals surface area contributed by atoms with E-state index < -0.39 is 20.2 Å². The average molecular weight is 432 g/mol. The maximum atomic E-state index is 10.4. The van der Waals surface area contributed by atoms with E-state index in [1.54, 1.807) is 0 Å². The number of hydrogen-bond donors (Lipinski definition) is 0. The molecule has 0 fully saturated rings. The molecule has 3 aromatic rings. The van der Waals surface area contributed by atoms with Crippen molar-refractivity contribution in [2.75, 3.05) is 0 Å². The lowest BCUT2D eigenvalue weighted by Gasteiger charge is -2.39. The molecule has 160 valence electrons. The van der Waals surface area contributed by atoms with E-state index in [9.17, 15) is 5.26 Å². The molecule has 1 unspecified atom stereocenters. The summed E-state index contributed by atoms with van der Waals surface area (Å²) in [5.74, 6) is 0. The van der Waals surface area contributed by atoms with Crippen LogP contribution in [0.5, 0.6) is 0 Å². The van der Waals surface area contributed by atoms with Crippen LogP contribution in [0.3, 0.4) is 0 Å². The second-order valence-corrected chi connectivity index (χ2v) is 12.8. The van der Waals surface area contributed by atoms with Crippen LogP contribution in [0.25, 0.3) is 0 Å². The molecule has 0 saturated heterocycles. The van der Waals surface area contributed by atoms with Crippen LogP contribution in [0.4, 0.5) is 0 Å². The zero-order valence-electron chi connectivity index (χ0n) is 18.3. The molecule has 0 heterocycles. The van der Waals surface area contributed by atoms with Crippen molar-refractivity contribution in [3.8, 4) is 6.07 Å². The van der Waals surface area contributed by atoms with Crippen LogP contribution < -0.4 is 0 Å². The van der Waals surface area contributed by atoms with Gasteiger partial charge in [0.05, 0.1) is 13.2 Å². The highest BCUT2D eigenvalue weighted by molar-refractivity contribution is 6.69. The van der Waals surface area contributed by atoms with Crippen molar-refractivity contribution < 1.29 is 13.9 Å². The van der Waals surface area contributed by atoms with Crippen LogP contribution in [0.1, 0.15) is 16.7 Å². The van der Waals surface area contributed by atoms with Gasteiger partial charge in [-0.1, -0.05) is 91.0 Å². The summed E-state index contributed by atoms with van der Waals surface area (Å²) in [4.78, 5) is 0. The van der Waals surface area contributed by atoms with Gasteiger partial charge >= 0.3 is 0 Å². The predicted molar refractivity (Wildman–Crippen MR) is 124 cm³/mol. The monoisotopic (exact) mass is 431 g/mol. The molecule has 3 aromatic carbocycles. The lowest BCUT2D eigenvalue weighted by molar-refractivity contribution is -0.228. The van der Waals surface area contributed by atoms with Crippen molar-refractivity contribution in [3.63, 3.8) is 0 Å². The Morgan fingerprint density at radius 2 is 1.16 bits per heavy atom. The number of benzene rings is 3. The van der Waals surface area contributed by atoms with Gasteiger partial charge in [0.1, 0.15) is 6.07 Å². The molecular weight excluding hydrogens is 402 g/mol. The number of nitriles is 1. The van der Waals surface area contributed by atoms with Gasteiger partial charge in [-0.05, 0) is 30.8 Å². The van der Waals surface area contributed by atoms with Gasteiger partial charge in [-0.25, -0.2) is 0 Å². The smallest absolute Gasteiger partial charge is 0.221 e. The van der Waals surface area contributed by atoms with E-state index in [0.29, 0.717) is 13.2 Å². The predicted octanol–water partition coefficient (Wildman–Crippen LogP) is 6.02. The highest BCUT2D eigenvalue weighted by Crippen LogP contribution is 2.36. The third-order valence-corrected chi connectivity index (χ3v) is 5.59. The molecule has 0 radical (unpaired) electrons. The summed E-state index contributed by atoms with van der Waals surface area (Å²) < 4.78 is 19.0. The Balaban J connectivity index is 1.97. The van der Waals surface area contributed by atoms with Gasteiger partial charge in [0.2, 0.25) is 11.9 Å². The lowest BCUT2D eigenvalue weighted by atomic mass is 9.94. The van der Waals surface area contributed by atoms with Gasteiger partial charge < -0.3 is 13.9 Å². The summed E-state index contributed by atoms with van der Waals surface area (Å²) in [7, 11) is -2.16. The largest absolute Gasteiger partial charge is 0.393 e. The minimum Gasteiger partial charge on any atom is -0.393 e. The normalized spacial score (nSPS) is 13.5. The summed E-state index contributed by atoms with van der Waals surface area (Å²) in [5.41, 5.74) is 1.36. The fourth-order valence-corrected chi connectivity index (χ4v) is 4.55. The Hall–Kier alpha value is -2.75. The van der Waals surface area contributed by atoms with Crippen LogP contribution in [0.2, 0.25) is 19.6 Å². The molecule has 5 heteroatoms. The van der Waals surface area contributed by atoms with E-state index in [0.717, 1.165) is 16.7 Å². The summed E-state index contributed by atoms with van der Waals surface area (Å²) in [6.45, 7) is 6.81. The maximum Gasteiger partial charge on any atom is 0.221 e. The first-order valence-electron chi connectivity index (χ1n) is 10.4. The highest BCUT2D eigenvalue weighted by Gasteiger charge is 2.47. The van der Waals surface area contributed by atoms with Crippen molar-refractivity contribution in [3.05, 3.63) is 108 Å². The Morgan fingerprint density at radius 3 is 1.55 bits per heavy atom. The number of nitrogens with zero attached hydrogens (tertiary/aromatic N) is 1. The van der Waals surface area contributed by atoms with E-state index in [-0.39, 0.29) is 0 Å². The summed E-state index contributed by atoms with van der Waals surface area (Å²) in [6.07, 6.45) is -0.910. The fraction of sp³-hybridized carbons (Fsp3) is 0.269. The quantitative estimate of drug-likeness (QED) is 0.291. The minimum absolute atomic E-state index is 0.311. The van der Waals surface area contributed by atoms with Crippen molar-refractivity contribution in [2.24, 2.45) is 0 Å². The van der Waals surface area contributed by atoms with Crippen molar-refractivity contribution in [1.29, 1.82) is 5.26 Å². The molecule has 4 nitrogen and oxygen atoms in total. The van der Waals surface area contributed by atoms with Gasteiger partial charge in [0, 0.05) is 5.56 Å². The molecule has 0 aliphatic carbocycles. The van der Waals surface area contributed by atoms with Crippen LogP contribution in [0, 0.1) is 11.3 Å². The van der Waals surface area contributed by atoms with Gasteiger partial charge in [0.15, 0.2) is 8.32 Å². The topological polar surface area (TPSA) is 51.5 Å². The Morgan fingerprint density at radius 1 is 0.742 bits per heavy atom. The number of rotatable bonds is 10. The van der Waals surface area contributed by atoms with Crippen molar-refractivity contribution in [2.45, 2.75) is 44.7 Å². The van der Waals surface area contributed by atoms with E-state index in [2.05, 4.69) is 25.7 Å². The summed E-state index contributed by atoms with van der Waals surface area (Å²) in [6, 6.07) is 31.7. The molecule has 0 N–H and O–H groups in total. The van der Waals surface area contributed by atoms with E-state index in [1.165, 1.54) is 0 Å². The van der Waals surface area contributed by atoms with Crippen LogP contribution in [-0.4, -0.2) is 14.6 Å². The maximum absolute atomic E-state index is 10.4. The molecule has 0 aliphatic heterocycles. The number of hydrogen-bond acceptors (Lipinski definition) is 4. The Kier molecular flexibility index (Phi) is 7.78. The molecule has 0 bridgehead atoms. The van der Waals surface area contributed by atoms with E-state index in [1.807, 2.05) is 91.0 Å². The first-order chi connectivity index (χ1) is 14.9. The average Bonchev–Trinajstić information content (AvgIpc) is 2.79. The molecule has 0 saturated carbocycles. The minimum atomic E-state index is -2.16. The van der Waals surface area contributed by atoms with Gasteiger partial charge in [-0.3, -0.25) is 0 Å². The van der Waals surface area contributed by atoms with E-state index >= 15 is 0 Å². The molecule has 0 amide bonds. The second kappa shape index (κ2) is 10.5. The molecule has 3 rings (SSSR count). The standard InChI is InChI=1S/C26H29NO3Si/c1-31(2,3)30-26(21-27,24-17-11-6-12-18-24)25(28-19-22-13-7-4-8-14-22)29-20-23-15-9-5-10-16-23/h4-18,25H,19-20H2,1-3H3. The molecule has 0 aliphatic rings. The molecule has 1 atom stereocenters. The summed E-state index contributed by atoms with van der Waals surface area (Å²) in [5, 5.41) is 10.4. The second-order valence-electron chi connectivity index (χ2n) is 8.35. The Bertz CT molecular complexity index is 925. The lowest BCUT2D eigenvalue weighted by Crippen LogP contribution is -2.50.